The van der Waals surface area contributed by atoms with Gasteiger partial charge in [0.25, 0.3) is 0 Å². The van der Waals surface area contributed by atoms with Crippen LogP contribution in [-0.4, -0.2) is 13.1 Å². The molecule has 2 heteroatoms. The van der Waals surface area contributed by atoms with E-state index in [1.54, 1.807) is 11.3 Å². The third-order valence-electron chi connectivity index (χ3n) is 2.67. The van der Waals surface area contributed by atoms with Gasteiger partial charge in [-0.1, -0.05) is 27.2 Å². The molecule has 15 heavy (non-hydrogen) atoms. The zero-order valence-electron chi connectivity index (χ0n) is 10.1. The van der Waals surface area contributed by atoms with E-state index in [9.17, 15) is 0 Å². The normalized spacial score (nSPS) is 13.3. The van der Waals surface area contributed by atoms with Crippen molar-refractivity contribution in [3.63, 3.8) is 0 Å². The van der Waals surface area contributed by atoms with E-state index < -0.39 is 0 Å². The van der Waals surface area contributed by atoms with E-state index in [4.69, 9.17) is 0 Å². The molecule has 1 rings (SSSR count). The van der Waals surface area contributed by atoms with E-state index in [0.717, 1.165) is 24.9 Å². The van der Waals surface area contributed by atoms with E-state index in [0.29, 0.717) is 0 Å². The fraction of sp³-hybridized carbons (Fsp3) is 0.692. The Bertz CT molecular complexity index is 241. The molecule has 0 saturated heterocycles. The zero-order chi connectivity index (χ0) is 11.1. The quantitative estimate of drug-likeness (QED) is 0.748. The van der Waals surface area contributed by atoms with Gasteiger partial charge < -0.3 is 5.32 Å². The van der Waals surface area contributed by atoms with Gasteiger partial charge in [0.05, 0.1) is 0 Å². The van der Waals surface area contributed by atoms with Crippen LogP contribution in [0.1, 0.15) is 32.8 Å². The molecule has 1 aromatic rings. The Kier molecular flexibility index (Phi) is 5.96. The highest BCUT2D eigenvalue weighted by molar-refractivity contribution is 7.07. The van der Waals surface area contributed by atoms with Gasteiger partial charge >= 0.3 is 0 Å². The molecule has 1 atom stereocenters. The summed E-state index contributed by atoms with van der Waals surface area (Å²) in [4.78, 5) is 0. The van der Waals surface area contributed by atoms with Crippen molar-refractivity contribution in [2.75, 3.05) is 13.1 Å². The Morgan fingerprint density at radius 2 is 2.13 bits per heavy atom. The maximum Gasteiger partial charge on any atom is -0.00173 e. The molecule has 0 amide bonds. The van der Waals surface area contributed by atoms with Gasteiger partial charge in [-0.2, -0.15) is 11.3 Å². The second kappa shape index (κ2) is 7.02. The van der Waals surface area contributed by atoms with Crippen molar-refractivity contribution in [1.82, 2.24) is 5.32 Å². The summed E-state index contributed by atoms with van der Waals surface area (Å²) in [7, 11) is 0. The van der Waals surface area contributed by atoms with Crippen molar-refractivity contribution < 1.29 is 0 Å². The first-order valence-corrected chi connectivity index (χ1v) is 6.88. The second-order valence-electron chi connectivity index (χ2n) is 4.66. The average molecular weight is 225 g/mol. The molecule has 0 radical (unpaired) electrons. The van der Waals surface area contributed by atoms with Gasteiger partial charge in [0.2, 0.25) is 0 Å². The first-order valence-electron chi connectivity index (χ1n) is 5.94. The molecule has 0 aromatic carbocycles. The van der Waals surface area contributed by atoms with Crippen LogP contribution in [0.15, 0.2) is 16.8 Å². The van der Waals surface area contributed by atoms with Gasteiger partial charge in [0.1, 0.15) is 0 Å². The van der Waals surface area contributed by atoms with Crippen LogP contribution in [0.5, 0.6) is 0 Å². The van der Waals surface area contributed by atoms with Crippen molar-refractivity contribution in [3.8, 4) is 0 Å². The molecular formula is C13H23NS. The third kappa shape index (κ3) is 5.33. The molecular weight excluding hydrogens is 202 g/mol. The van der Waals surface area contributed by atoms with E-state index >= 15 is 0 Å². The molecule has 0 bridgehead atoms. The Morgan fingerprint density at radius 3 is 2.67 bits per heavy atom. The summed E-state index contributed by atoms with van der Waals surface area (Å²) >= 11 is 1.80. The smallest absolute Gasteiger partial charge is 0.00173 e. The van der Waals surface area contributed by atoms with Crippen LogP contribution in [0.3, 0.4) is 0 Å². The maximum atomic E-state index is 3.55. The van der Waals surface area contributed by atoms with Crippen molar-refractivity contribution in [1.29, 1.82) is 0 Å². The molecule has 0 aliphatic heterocycles. The lowest BCUT2D eigenvalue weighted by molar-refractivity contribution is 0.438. The standard InChI is InChI=1S/C13H23NS/c1-4-12(9-14-8-11(2)3)7-13-5-6-15-10-13/h5-6,10-12,14H,4,7-9H2,1-3H3. The highest BCUT2D eigenvalue weighted by Gasteiger charge is 2.07. The number of thiophene rings is 1. The predicted molar refractivity (Wildman–Crippen MR) is 69.5 cm³/mol. The average Bonchev–Trinajstić information content (AvgIpc) is 2.68. The maximum absolute atomic E-state index is 3.55. The minimum Gasteiger partial charge on any atom is -0.316 e. The highest BCUT2D eigenvalue weighted by atomic mass is 32.1. The minimum absolute atomic E-state index is 0.753. The van der Waals surface area contributed by atoms with Gasteiger partial charge in [-0.25, -0.2) is 0 Å². The summed E-state index contributed by atoms with van der Waals surface area (Å²) in [5.41, 5.74) is 1.50. The van der Waals surface area contributed by atoms with Gasteiger partial charge in [-0.05, 0) is 53.7 Å². The lowest BCUT2D eigenvalue weighted by Gasteiger charge is -2.16. The summed E-state index contributed by atoms with van der Waals surface area (Å²) in [6.45, 7) is 9.10. The third-order valence-corrected chi connectivity index (χ3v) is 3.40. The molecule has 86 valence electrons. The molecule has 0 spiro atoms. The molecule has 0 aliphatic carbocycles. The summed E-state index contributed by atoms with van der Waals surface area (Å²) < 4.78 is 0. The van der Waals surface area contributed by atoms with Crippen LogP contribution in [0.4, 0.5) is 0 Å². The first-order chi connectivity index (χ1) is 7.22. The van der Waals surface area contributed by atoms with Gasteiger partial charge in [0.15, 0.2) is 0 Å². The first kappa shape index (κ1) is 12.7. The molecule has 1 N–H and O–H groups in total. The number of hydrogen-bond donors (Lipinski definition) is 1. The van der Waals surface area contributed by atoms with Crippen molar-refractivity contribution in [2.45, 2.75) is 33.6 Å². The van der Waals surface area contributed by atoms with Crippen LogP contribution >= 0.6 is 11.3 Å². The Labute approximate surface area is 97.9 Å². The zero-order valence-corrected chi connectivity index (χ0v) is 10.9. The summed E-state index contributed by atoms with van der Waals surface area (Å²) in [5.74, 6) is 1.54. The molecule has 1 unspecified atom stereocenters. The number of rotatable bonds is 7. The molecule has 0 fully saturated rings. The largest absolute Gasteiger partial charge is 0.316 e. The summed E-state index contributed by atoms with van der Waals surface area (Å²) in [5, 5.41) is 7.99. The van der Waals surface area contributed by atoms with Gasteiger partial charge in [0, 0.05) is 0 Å². The lowest BCUT2D eigenvalue weighted by atomic mass is 9.98. The lowest BCUT2D eigenvalue weighted by Crippen LogP contribution is -2.27. The van der Waals surface area contributed by atoms with Crippen LogP contribution < -0.4 is 5.32 Å². The van der Waals surface area contributed by atoms with Crippen molar-refractivity contribution >= 4 is 11.3 Å². The number of nitrogens with one attached hydrogen (secondary N) is 1. The Balaban J connectivity index is 2.24. The van der Waals surface area contributed by atoms with Crippen LogP contribution in [0, 0.1) is 11.8 Å². The van der Waals surface area contributed by atoms with E-state index in [1.807, 2.05) is 0 Å². The Morgan fingerprint density at radius 1 is 1.33 bits per heavy atom. The second-order valence-corrected chi connectivity index (χ2v) is 5.44. The fourth-order valence-electron chi connectivity index (χ4n) is 1.68. The van der Waals surface area contributed by atoms with Crippen molar-refractivity contribution in [2.24, 2.45) is 11.8 Å². The van der Waals surface area contributed by atoms with Crippen molar-refractivity contribution in [3.05, 3.63) is 22.4 Å². The molecule has 0 aliphatic rings. The van der Waals surface area contributed by atoms with Crippen LogP contribution in [0.25, 0.3) is 0 Å². The molecule has 1 heterocycles. The molecule has 1 nitrogen and oxygen atoms in total. The monoisotopic (exact) mass is 225 g/mol. The topological polar surface area (TPSA) is 12.0 Å². The summed E-state index contributed by atoms with van der Waals surface area (Å²) in [6.07, 6.45) is 2.49. The number of hydrogen-bond acceptors (Lipinski definition) is 2. The van der Waals surface area contributed by atoms with Gasteiger partial charge in [-0.3, -0.25) is 0 Å². The van der Waals surface area contributed by atoms with E-state index in [-0.39, 0.29) is 0 Å². The van der Waals surface area contributed by atoms with E-state index in [2.05, 4.69) is 42.9 Å². The Hall–Kier alpha value is -0.340. The molecule has 1 aromatic heterocycles. The SMILES string of the molecule is CCC(CNCC(C)C)Cc1ccsc1. The summed E-state index contributed by atoms with van der Waals surface area (Å²) in [6, 6.07) is 2.25. The van der Waals surface area contributed by atoms with Crippen LogP contribution in [-0.2, 0) is 6.42 Å². The van der Waals surface area contributed by atoms with Gasteiger partial charge in [-0.15, -0.1) is 0 Å². The highest BCUT2D eigenvalue weighted by Crippen LogP contribution is 2.14. The fourth-order valence-corrected chi connectivity index (χ4v) is 2.36. The minimum atomic E-state index is 0.753. The predicted octanol–water partition coefficient (Wildman–Crippen LogP) is 3.56. The molecule has 0 saturated carbocycles. The van der Waals surface area contributed by atoms with E-state index in [1.165, 1.54) is 18.4 Å². The van der Waals surface area contributed by atoms with Crippen LogP contribution in [0.2, 0.25) is 0 Å².